The van der Waals surface area contributed by atoms with E-state index in [1.54, 1.807) is 32.0 Å². The van der Waals surface area contributed by atoms with Crippen LogP contribution in [0.25, 0.3) is 0 Å². The number of para-hydroxylation sites is 1. The van der Waals surface area contributed by atoms with Gasteiger partial charge in [-0.2, -0.15) is 0 Å². The van der Waals surface area contributed by atoms with Crippen molar-refractivity contribution in [3.05, 3.63) is 41.4 Å². The van der Waals surface area contributed by atoms with Gasteiger partial charge in [0.25, 0.3) is 0 Å². The van der Waals surface area contributed by atoms with E-state index in [0.29, 0.717) is 41.0 Å². The van der Waals surface area contributed by atoms with Gasteiger partial charge in [-0.1, -0.05) is 23.7 Å². The normalized spacial score (nSPS) is 19.9. The Morgan fingerprint density at radius 1 is 1.10 bits per heavy atom. The Hall–Kier alpha value is -1.90. The number of sulfonamides is 1. The topological polar surface area (TPSA) is 93.2 Å². The Morgan fingerprint density at radius 2 is 1.83 bits per heavy atom. The predicted octanol–water partition coefficient (Wildman–Crippen LogP) is 4.22. The van der Waals surface area contributed by atoms with Gasteiger partial charge in [0.2, 0.25) is 15.9 Å². The first-order valence-corrected chi connectivity index (χ1v) is 11.8. The van der Waals surface area contributed by atoms with E-state index in [9.17, 15) is 8.42 Å². The van der Waals surface area contributed by atoms with Gasteiger partial charge >= 0.3 is 0 Å². The van der Waals surface area contributed by atoms with Gasteiger partial charge in [-0.3, -0.25) is 0 Å². The summed E-state index contributed by atoms with van der Waals surface area (Å²) >= 11 is 6.09. The van der Waals surface area contributed by atoms with Gasteiger partial charge in [0.05, 0.1) is 10.3 Å². The van der Waals surface area contributed by atoms with Crippen LogP contribution >= 0.6 is 11.6 Å². The summed E-state index contributed by atoms with van der Waals surface area (Å²) in [5.74, 6) is 1.99. The second-order valence-electron chi connectivity index (χ2n) is 7.59. The van der Waals surface area contributed by atoms with Crippen molar-refractivity contribution in [1.29, 1.82) is 0 Å². The van der Waals surface area contributed by atoms with E-state index >= 15 is 0 Å². The molecule has 0 atom stereocenters. The molecule has 0 radical (unpaired) electrons. The molecule has 0 saturated heterocycles. The Kier molecular flexibility index (Phi) is 7.32. The molecule has 0 spiro atoms. The molecule has 1 aliphatic rings. The lowest BCUT2D eigenvalue weighted by molar-refractivity contribution is 0.336. The van der Waals surface area contributed by atoms with Crippen molar-refractivity contribution < 1.29 is 13.2 Å². The van der Waals surface area contributed by atoms with Crippen LogP contribution in [0.5, 0.6) is 11.6 Å². The first kappa shape index (κ1) is 21.8. The summed E-state index contributed by atoms with van der Waals surface area (Å²) in [7, 11) is -3.19. The van der Waals surface area contributed by atoms with Crippen LogP contribution in [0, 0.1) is 5.92 Å². The van der Waals surface area contributed by atoms with Crippen molar-refractivity contribution in [2.24, 2.45) is 5.92 Å². The molecular weight excluding hydrogens is 412 g/mol. The highest BCUT2D eigenvalue weighted by Crippen LogP contribution is 2.29. The van der Waals surface area contributed by atoms with Crippen LogP contribution in [0.4, 0.5) is 5.82 Å². The van der Waals surface area contributed by atoms with E-state index in [-0.39, 0.29) is 0 Å². The lowest BCUT2D eigenvalue weighted by atomic mass is 9.86. The zero-order chi connectivity index (χ0) is 20.9. The maximum Gasteiger partial charge on any atom is 0.239 e. The number of nitrogens with zero attached hydrogens (tertiary/aromatic N) is 2. The Balaban J connectivity index is 1.45. The lowest BCUT2D eigenvalue weighted by Crippen LogP contribution is -2.37. The maximum absolute atomic E-state index is 11.9. The molecule has 1 aromatic heterocycles. The van der Waals surface area contributed by atoms with Gasteiger partial charge < -0.3 is 10.1 Å². The summed E-state index contributed by atoms with van der Waals surface area (Å²) in [6, 6.07) is 11.1. The van der Waals surface area contributed by atoms with Gasteiger partial charge in [0.15, 0.2) is 0 Å². The maximum atomic E-state index is 11.9. The number of aromatic nitrogens is 2. The van der Waals surface area contributed by atoms with E-state index in [2.05, 4.69) is 20.2 Å². The number of rotatable bonds is 8. The second kappa shape index (κ2) is 9.73. The summed E-state index contributed by atoms with van der Waals surface area (Å²) < 4.78 is 32.1. The van der Waals surface area contributed by atoms with E-state index < -0.39 is 15.3 Å². The highest BCUT2D eigenvalue weighted by Gasteiger charge is 2.24. The number of anilines is 1. The first-order valence-electron chi connectivity index (χ1n) is 9.84. The fraction of sp³-hybridized carbons (Fsp3) is 0.500. The Morgan fingerprint density at radius 3 is 2.45 bits per heavy atom. The van der Waals surface area contributed by atoms with Crippen molar-refractivity contribution in [1.82, 2.24) is 14.9 Å². The van der Waals surface area contributed by atoms with E-state index in [4.69, 9.17) is 16.3 Å². The molecule has 29 heavy (non-hydrogen) atoms. The van der Waals surface area contributed by atoms with E-state index in [1.807, 2.05) is 18.2 Å². The van der Waals surface area contributed by atoms with Crippen LogP contribution in [0.1, 0.15) is 39.5 Å². The van der Waals surface area contributed by atoms with Crippen molar-refractivity contribution in [2.75, 3.05) is 11.9 Å². The quantitative estimate of drug-likeness (QED) is 0.640. The van der Waals surface area contributed by atoms with Crippen LogP contribution in [0.3, 0.4) is 0 Å². The van der Waals surface area contributed by atoms with Gasteiger partial charge in [0.1, 0.15) is 11.6 Å². The number of nitrogens with one attached hydrogen (secondary N) is 2. The number of hydrogen-bond donors (Lipinski definition) is 2. The second-order valence-corrected chi connectivity index (χ2v) is 10.3. The predicted molar refractivity (Wildman–Crippen MR) is 115 cm³/mol. The monoisotopic (exact) mass is 438 g/mol. The average Bonchev–Trinajstić information content (AvgIpc) is 2.70. The molecule has 0 amide bonds. The molecule has 158 valence electrons. The number of ether oxygens (including phenoxy) is 1. The molecule has 0 aliphatic heterocycles. The molecule has 9 heteroatoms. The molecule has 1 aromatic carbocycles. The molecule has 1 fully saturated rings. The van der Waals surface area contributed by atoms with Crippen molar-refractivity contribution >= 4 is 27.4 Å². The van der Waals surface area contributed by atoms with Gasteiger partial charge in [-0.25, -0.2) is 13.1 Å². The van der Waals surface area contributed by atoms with Gasteiger partial charge in [0, 0.05) is 18.7 Å². The summed E-state index contributed by atoms with van der Waals surface area (Å²) in [4.78, 5) is 0. The zero-order valence-electron chi connectivity index (χ0n) is 16.6. The smallest absolute Gasteiger partial charge is 0.239 e. The summed E-state index contributed by atoms with van der Waals surface area (Å²) in [6.07, 6.45) is 3.88. The van der Waals surface area contributed by atoms with Crippen LogP contribution in [-0.2, 0) is 10.0 Å². The minimum Gasteiger partial charge on any atom is -0.436 e. The molecule has 2 aromatic rings. The summed E-state index contributed by atoms with van der Waals surface area (Å²) in [5, 5.41) is 11.8. The first-order chi connectivity index (χ1) is 13.8. The largest absolute Gasteiger partial charge is 0.436 e. The molecule has 2 N–H and O–H groups in total. The zero-order valence-corrected chi connectivity index (χ0v) is 18.2. The molecule has 3 rings (SSSR count). The lowest BCUT2D eigenvalue weighted by Gasteiger charge is -2.29. The third kappa shape index (κ3) is 6.29. The van der Waals surface area contributed by atoms with Crippen LogP contribution in [-0.4, -0.2) is 36.5 Å². The van der Waals surface area contributed by atoms with Gasteiger partial charge in [-0.05, 0) is 63.6 Å². The number of hydrogen-bond acceptors (Lipinski definition) is 6. The van der Waals surface area contributed by atoms with Crippen molar-refractivity contribution in [2.45, 2.75) is 50.8 Å². The molecule has 1 heterocycles. The standard InChI is InChI=1S/C20H27ClN4O3S/c1-14(2)29(26,27)22-13-15-7-9-16(10-8-15)23-19-11-12-20(25-24-19)28-18-6-4-3-5-17(18)21/h3-6,11-12,14-16,22H,7-10,13H2,1-2H3,(H,23,24)/t15-,16-. The summed E-state index contributed by atoms with van der Waals surface area (Å²) in [6.45, 7) is 3.89. The minimum atomic E-state index is -3.19. The fourth-order valence-electron chi connectivity index (χ4n) is 3.21. The van der Waals surface area contributed by atoms with E-state index in [0.717, 1.165) is 25.7 Å². The van der Waals surface area contributed by atoms with Crippen molar-refractivity contribution in [3.63, 3.8) is 0 Å². The number of benzene rings is 1. The molecular formula is C20H27ClN4O3S. The number of halogens is 1. The van der Waals surface area contributed by atoms with Crippen LogP contribution in [0.2, 0.25) is 5.02 Å². The minimum absolute atomic E-state index is 0.303. The molecule has 7 nitrogen and oxygen atoms in total. The fourth-order valence-corrected chi connectivity index (χ4v) is 4.19. The van der Waals surface area contributed by atoms with Crippen LogP contribution < -0.4 is 14.8 Å². The Labute approximate surface area is 177 Å². The third-order valence-electron chi connectivity index (χ3n) is 5.08. The van der Waals surface area contributed by atoms with Crippen LogP contribution in [0.15, 0.2) is 36.4 Å². The molecule has 1 saturated carbocycles. The van der Waals surface area contributed by atoms with Gasteiger partial charge in [-0.15, -0.1) is 10.2 Å². The molecule has 1 aliphatic carbocycles. The molecule has 0 bridgehead atoms. The van der Waals surface area contributed by atoms with Crippen molar-refractivity contribution in [3.8, 4) is 11.6 Å². The highest BCUT2D eigenvalue weighted by atomic mass is 35.5. The summed E-state index contributed by atoms with van der Waals surface area (Å²) in [5.41, 5.74) is 0. The van der Waals surface area contributed by atoms with E-state index in [1.165, 1.54) is 0 Å². The molecule has 0 unspecified atom stereocenters. The Bertz CT molecular complexity index is 898. The SMILES string of the molecule is CC(C)S(=O)(=O)NC[C@H]1CC[C@H](Nc2ccc(Oc3ccccc3Cl)nn2)CC1. The average molecular weight is 439 g/mol. The third-order valence-corrected chi connectivity index (χ3v) is 7.21. The highest BCUT2D eigenvalue weighted by molar-refractivity contribution is 7.90.